The number of halogens is 3. The summed E-state index contributed by atoms with van der Waals surface area (Å²) < 4.78 is 40.0. The molecule has 0 aliphatic heterocycles. The average molecular weight is 241 g/mol. The van der Waals surface area contributed by atoms with Crippen LogP contribution in [0.2, 0.25) is 0 Å². The summed E-state index contributed by atoms with van der Waals surface area (Å²) in [6, 6.07) is 0. The highest BCUT2D eigenvalue weighted by Crippen LogP contribution is 2.17. The van der Waals surface area contributed by atoms with E-state index in [0.717, 1.165) is 13.0 Å². The molecule has 0 aliphatic carbocycles. The van der Waals surface area contributed by atoms with E-state index in [-0.39, 0.29) is 6.61 Å². The number of rotatable bonds is 8. The van der Waals surface area contributed by atoms with E-state index in [1.165, 1.54) is 0 Å². The van der Waals surface area contributed by atoms with Crippen LogP contribution in [0.3, 0.4) is 0 Å². The standard InChI is InChI=1S/C11H22F3NO/c1-9(2)6-10(7-15-3)4-5-16-8-11(12,13)14/h9-10,15H,4-8H2,1-3H3. The van der Waals surface area contributed by atoms with E-state index in [0.29, 0.717) is 18.3 Å². The molecule has 0 aliphatic rings. The van der Waals surface area contributed by atoms with Crippen molar-refractivity contribution in [3.05, 3.63) is 0 Å². The van der Waals surface area contributed by atoms with E-state index in [4.69, 9.17) is 0 Å². The second-order valence-corrected chi connectivity index (χ2v) is 4.51. The van der Waals surface area contributed by atoms with Crippen molar-refractivity contribution in [2.45, 2.75) is 32.9 Å². The van der Waals surface area contributed by atoms with E-state index in [9.17, 15) is 13.2 Å². The van der Waals surface area contributed by atoms with Gasteiger partial charge in [-0.3, -0.25) is 0 Å². The first-order chi connectivity index (χ1) is 7.35. The highest BCUT2D eigenvalue weighted by Gasteiger charge is 2.27. The third kappa shape index (κ3) is 10.2. The Bertz CT molecular complexity index is 171. The second-order valence-electron chi connectivity index (χ2n) is 4.51. The van der Waals surface area contributed by atoms with Gasteiger partial charge in [0, 0.05) is 6.61 Å². The van der Waals surface area contributed by atoms with Crippen molar-refractivity contribution in [2.75, 3.05) is 26.8 Å². The molecule has 0 aromatic heterocycles. The van der Waals surface area contributed by atoms with Gasteiger partial charge in [-0.2, -0.15) is 13.2 Å². The van der Waals surface area contributed by atoms with Crippen LogP contribution in [0, 0.1) is 11.8 Å². The van der Waals surface area contributed by atoms with Gasteiger partial charge in [-0.25, -0.2) is 0 Å². The Balaban J connectivity index is 3.67. The van der Waals surface area contributed by atoms with Crippen LogP contribution in [0.5, 0.6) is 0 Å². The third-order valence-electron chi connectivity index (χ3n) is 2.23. The zero-order chi connectivity index (χ0) is 12.6. The summed E-state index contributed by atoms with van der Waals surface area (Å²) in [6.45, 7) is 4.09. The van der Waals surface area contributed by atoms with Crippen LogP contribution in [-0.2, 0) is 4.74 Å². The van der Waals surface area contributed by atoms with Crippen molar-refractivity contribution in [3.63, 3.8) is 0 Å². The maximum Gasteiger partial charge on any atom is 0.411 e. The second kappa shape index (κ2) is 7.90. The summed E-state index contributed by atoms with van der Waals surface area (Å²) in [4.78, 5) is 0. The molecular weight excluding hydrogens is 219 g/mol. The minimum atomic E-state index is -4.21. The van der Waals surface area contributed by atoms with Gasteiger partial charge in [0.25, 0.3) is 0 Å². The van der Waals surface area contributed by atoms with Crippen LogP contribution >= 0.6 is 0 Å². The topological polar surface area (TPSA) is 21.3 Å². The molecule has 0 amide bonds. The summed E-state index contributed by atoms with van der Waals surface area (Å²) in [5.41, 5.74) is 0. The van der Waals surface area contributed by atoms with Crippen LogP contribution < -0.4 is 5.32 Å². The van der Waals surface area contributed by atoms with Gasteiger partial charge in [0.05, 0.1) is 0 Å². The minimum Gasteiger partial charge on any atom is -0.372 e. The molecule has 0 rings (SSSR count). The summed E-state index contributed by atoms with van der Waals surface area (Å²) >= 11 is 0. The summed E-state index contributed by atoms with van der Waals surface area (Å²) in [5.74, 6) is 0.944. The molecule has 2 nitrogen and oxygen atoms in total. The van der Waals surface area contributed by atoms with Gasteiger partial charge in [0.1, 0.15) is 6.61 Å². The van der Waals surface area contributed by atoms with E-state index in [1.54, 1.807) is 0 Å². The molecule has 16 heavy (non-hydrogen) atoms. The van der Waals surface area contributed by atoms with Gasteiger partial charge in [0.15, 0.2) is 0 Å². The number of hydrogen-bond acceptors (Lipinski definition) is 2. The predicted octanol–water partition coefficient (Wildman–Crippen LogP) is 2.84. The number of alkyl halides is 3. The van der Waals surface area contributed by atoms with E-state index < -0.39 is 12.8 Å². The highest BCUT2D eigenvalue weighted by atomic mass is 19.4. The maximum absolute atomic E-state index is 11.8. The molecule has 0 spiro atoms. The van der Waals surface area contributed by atoms with Crippen molar-refractivity contribution < 1.29 is 17.9 Å². The fraction of sp³-hybridized carbons (Fsp3) is 1.00. The lowest BCUT2D eigenvalue weighted by molar-refractivity contribution is -0.174. The fourth-order valence-electron chi connectivity index (χ4n) is 1.70. The quantitative estimate of drug-likeness (QED) is 0.660. The Kier molecular flexibility index (Phi) is 7.76. The fourth-order valence-corrected chi connectivity index (χ4v) is 1.70. The van der Waals surface area contributed by atoms with Crippen LogP contribution in [0.15, 0.2) is 0 Å². The molecule has 1 N–H and O–H groups in total. The lowest BCUT2D eigenvalue weighted by atomic mass is 9.94. The average Bonchev–Trinajstić information content (AvgIpc) is 2.10. The zero-order valence-corrected chi connectivity index (χ0v) is 10.2. The smallest absolute Gasteiger partial charge is 0.372 e. The van der Waals surface area contributed by atoms with Crippen LogP contribution in [0.4, 0.5) is 13.2 Å². The number of ether oxygens (including phenoxy) is 1. The molecule has 98 valence electrons. The Morgan fingerprint density at radius 3 is 2.31 bits per heavy atom. The van der Waals surface area contributed by atoms with Crippen molar-refractivity contribution >= 4 is 0 Å². The first-order valence-electron chi connectivity index (χ1n) is 5.64. The van der Waals surface area contributed by atoms with Crippen LogP contribution in [-0.4, -0.2) is 33.0 Å². The molecule has 0 aromatic carbocycles. The Labute approximate surface area is 95.5 Å². The molecular formula is C11H22F3NO. The molecule has 0 bridgehead atoms. The van der Waals surface area contributed by atoms with E-state index in [2.05, 4.69) is 23.9 Å². The van der Waals surface area contributed by atoms with Crippen molar-refractivity contribution in [1.29, 1.82) is 0 Å². The van der Waals surface area contributed by atoms with Crippen molar-refractivity contribution in [1.82, 2.24) is 5.32 Å². The Morgan fingerprint density at radius 2 is 1.88 bits per heavy atom. The minimum absolute atomic E-state index is 0.179. The van der Waals surface area contributed by atoms with Crippen LogP contribution in [0.25, 0.3) is 0 Å². The SMILES string of the molecule is CNCC(CCOCC(F)(F)F)CC(C)C. The van der Waals surface area contributed by atoms with Gasteiger partial charge < -0.3 is 10.1 Å². The molecule has 0 saturated heterocycles. The van der Waals surface area contributed by atoms with Gasteiger partial charge in [-0.15, -0.1) is 0 Å². The molecule has 0 radical (unpaired) electrons. The van der Waals surface area contributed by atoms with Gasteiger partial charge in [-0.1, -0.05) is 13.8 Å². The van der Waals surface area contributed by atoms with Crippen molar-refractivity contribution in [2.24, 2.45) is 11.8 Å². The zero-order valence-electron chi connectivity index (χ0n) is 10.2. The lowest BCUT2D eigenvalue weighted by Crippen LogP contribution is -2.23. The lowest BCUT2D eigenvalue weighted by Gasteiger charge is -2.18. The molecule has 0 aromatic rings. The van der Waals surface area contributed by atoms with E-state index >= 15 is 0 Å². The highest BCUT2D eigenvalue weighted by molar-refractivity contribution is 4.63. The third-order valence-corrected chi connectivity index (χ3v) is 2.23. The van der Waals surface area contributed by atoms with Gasteiger partial charge in [0.2, 0.25) is 0 Å². The first-order valence-corrected chi connectivity index (χ1v) is 5.64. The summed E-state index contributed by atoms with van der Waals surface area (Å²) in [7, 11) is 1.85. The first kappa shape index (κ1) is 15.7. The molecule has 0 heterocycles. The van der Waals surface area contributed by atoms with Gasteiger partial charge >= 0.3 is 6.18 Å². The Hall–Kier alpha value is -0.290. The van der Waals surface area contributed by atoms with Gasteiger partial charge in [-0.05, 0) is 38.3 Å². The van der Waals surface area contributed by atoms with E-state index in [1.807, 2.05) is 7.05 Å². The predicted molar refractivity (Wildman–Crippen MR) is 58.4 cm³/mol. The molecule has 1 atom stereocenters. The molecule has 1 unspecified atom stereocenters. The molecule has 0 saturated carbocycles. The molecule has 0 fully saturated rings. The Morgan fingerprint density at radius 1 is 1.25 bits per heavy atom. The summed E-state index contributed by atoms with van der Waals surface area (Å²) in [5, 5.41) is 3.05. The largest absolute Gasteiger partial charge is 0.411 e. The maximum atomic E-state index is 11.8. The number of hydrogen-bond donors (Lipinski definition) is 1. The van der Waals surface area contributed by atoms with Crippen LogP contribution in [0.1, 0.15) is 26.7 Å². The number of nitrogens with one attached hydrogen (secondary N) is 1. The summed E-state index contributed by atoms with van der Waals surface area (Å²) in [6.07, 6.45) is -2.53. The monoisotopic (exact) mass is 241 g/mol. The molecule has 5 heteroatoms. The normalized spacial score (nSPS) is 14.4. The van der Waals surface area contributed by atoms with Crippen molar-refractivity contribution in [3.8, 4) is 0 Å².